The number of carbonyl (C=O) groups is 1. The Kier molecular flexibility index (Phi) is 5.14. The lowest BCUT2D eigenvalue weighted by atomic mass is 10.0. The van der Waals surface area contributed by atoms with E-state index in [-0.39, 0.29) is 5.91 Å². The van der Waals surface area contributed by atoms with Crippen molar-refractivity contribution in [2.24, 2.45) is 0 Å². The minimum atomic E-state index is -0.0940. The minimum absolute atomic E-state index is 0.0940. The van der Waals surface area contributed by atoms with Crippen LogP contribution in [0.25, 0.3) is 10.8 Å². The molecule has 4 rings (SSSR count). The van der Waals surface area contributed by atoms with Crippen LogP contribution in [0.3, 0.4) is 0 Å². The first-order chi connectivity index (χ1) is 13.6. The van der Waals surface area contributed by atoms with Gasteiger partial charge in [-0.3, -0.25) is 4.79 Å². The summed E-state index contributed by atoms with van der Waals surface area (Å²) in [6, 6.07) is 27.9. The number of carbonyl (C=O) groups excluding carboxylic acids is 1. The number of rotatable bonds is 4. The number of benzene rings is 4. The normalized spacial score (nSPS) is 10.8. The zero-order chi connectivity index (χ0) is 19.5. The zero-order valence-corrected chi connectivity index (χ0v) is 16.3. The standard InChI is InChI=1S/C25H20ClNO/c1-17-4-2-3-5-24(17)27-25(28)20-9-6-18(7-10-20)14-19-8-11-22-16-23(26)13-12-21(22)15-19/h2-13,15-16H,14H2,1H3,(H,27,28). The largest absolute Gasteiger partial charge is 0.322 e. The van der Waals surface area contributed by atoms with Gasteiger partial charge < -0.3 is 5.32 Å². The van der Waals surface area contributed by atoms with Crippen LogP contribution >= 0.6 is 11.6 Å². The first-order valence-electron chi connectivity index (χ1n) is 9.22. The second-order valence-electron chi connectivity index (χ2n) is 6.97. The Labute approximate surface area is 169 Å². The molecule has 0 atom stereocenters. The van der Waals surface area contributed by atoms with Gasteiger partial charge in [-0.15, -0.1) is 0 Å². The summed E-state index contributed by atoms with van der Waals surface area (Å²) >= 11 is 6.06. The molecule has 0 bridgehead atoms. The van der Waals surface area contributed by atoms with Crippen LogP contribution in [0.4, 0.5) is 5.69 Å². The van der Waals surface area contributed by atoms with E-state index in [9.17, 15) is 4.79 Å². The topological polar surface area (TPSA) is 29.1 Å². The van der Waals surface area contributed by atoms with Crippen molar-refractivity contribution in [3.63, 3.8) is 0 Å². The fraction of sp³-hybridized carbons (Fsp3) is 0.0800. The maximum absolute atomic E-state index is 12.5. The maximum atomic E-state index is 12.5. The van der Waals surface area contributed by atoms with Gasteiger partial charge >= 0.3 is 0 Å². The molecular weight excluding hydrogens is 366 g/mol. The quantitative estimate of drug-likeness (QED) is 0.419. The summed E-state index contributed by atoms with van der Waals surface area (Å²) in [5, 5.41) is 6.04. The second-order valence-corrected chi connectivity index (χ2v) is 7.41. The van der Waals surface area contributed by atoms with Gasteiger partial charge in [0.2, 0.25) is 0 Å². The molecule has 1 N–H and O–H groups in total. The third-order valence-electron chi connectivity index (χ3n) is 4.88. The molecule has 0 fully saturated rings. The number of halogens is 1. The molecule has 0 unspecified atom stereocenters. The molecule has 1 amide bonds. The van der Waals surface area contributed by atoms with E-state index in [0.29, 0.717) is 5.56 Å². The molecule has 0 saturated heterocycles. The summed E-state index contributed by atoms with van der Waals surface area (Å²) < 4.78 is 0. The van der Waals surface area contributed by atoms with Crippen LogP contribution in [-0.4, -0.2) is 5.91 Å². The number of para-hydroxylation sites is 1. The Morgan fingerprint density at radius 3 is 2.29 bits per heavy atom. The minimum Gasteiger partial charge on any atom is -0.322 e. The molecule has 0 heterocycles. The molecule has 0 saturated carbocycles. The van der Waals surface area contributed by atoms with Crippen molar-refractivity contribution >= 4 is 34.0 Å². The molecule has 28 heavy (non-hydrogen) atoms. The van der Waals surface area contributed by atoms with E-state index in [1.165, 1.54) is 16.5 Å². The Bertz CT molecular complexity index is 1150. The van der Waals surface area contributed by atoms with Crippen LogP contribution in [-0.2, 0) is 6.42 Å². The van der Waals surface area contributed by atoms with Gasteiger partial charge in [-0.25, -0.2) is 0 Å². The van der Waals surface area contributed by atoms with E-state index in [1.807, 2.05) is 73.7 Å². The van der Waals surface area contributed by atoms with E-state index < -0.39 is 0 Å². The van der Waals surface area contributed by atoms with Gasteiger partial charge in [-0.1, -0.05) is 66.2 Å². The SMILES string of the molecule is Cc1ccccc1NC(=O)c1ccc(Cc2ccc3cc(Cl)ccc3c2)cc1. The highest BCUT2D eigenvalue weighted by Gasteiger charge is 2.08. The molecular formula is C25H20ClNO. The molecule has 0 aliphatic carbocycles. The Morgan fingerprint density at radius 1 is 0.821 bits per heavy atom. The van der Waals surface area contributed by atoms with E-state index in [4.69, 9.17) is 11.6 Å². The van der Waals surface area contributed by atoms with Crippen molar-refractivity contribution in [3.8, 4) is 0 Å². The van der Waals surface area contributed by atoms with Crippen LogP contribution in [0, 0.1) is 6.92 Å². The van der Waals surface area contributed by atoms with Crippen molar-refractivity contribution in [1.82, 2.24) is 0 Å². The number of hydrogen-bond donors (Lipinski definition) is 1. The average molecular weight is 386 g/mol. The second kappa shape index (κ2) is 7.87. The van der Waals surface area contributed by atoms with Gasteiger partial charge in [0.25, 0.3) is 5.91 Å². The van der Waals surface area contributed by atoms with Crippen molar-refractivity contribution < 1.29 is 4.79 Å². The van der Waals surface area contributed by atoms with Crippen molar-refractivity contribution in [1.29, 1.82) is 0 Å². The predicted molar refractivity (Wildman–Crippen MR) is 117 cm³/mol. The number of aryl methyl sites for hydroxylation is 1. The van der Waals surface area contributed by atoms with Crippen molar-refractivity contribution in [2.75, 3.05) is 5.32 Å². The lowest BCUT2D eigenvalue weighted by Gasteiger charge is -2.09. The lowest BCUT2D eigenvalue weighted by molar-refractivity contribution is 0.102. The lowest BCUT2D eigenvalue weighted by Crippen LogP contribution is -2.12. The molecule has 3 heteroatoms. The first kappa shape index (κ1) is 18.3. The van der Waals surface area contributed by atoms with Crippen LogP contribution in [0.1, 0.15) is 27.0 Å². The molecule has 0 radical (unpaired) electrons. The van der Waals surface area contributed by atoms with E-state index >= 15 is 0 Å². The summed E-state index contributed by atoms with van der Waals surface area (Å²) in [5.74, 6) is -0.0940. The van der Waals surface area contributed by atoms with E-state index in [1.54, 1.807) is 0 Å². The Balaban J connectivity index is 1.48. The Hall–Kier alpha value is -3.10. The van der Waals surface area contributed by atoms with Crippen LogP contribution in [0.5, 0.6) is 0 Å². The molecule has 2 nitrogen and oxygen atoms in total. The van der Waals surface area contributed by atoms with E-state index in [0.717, 1.165) is 28.1 Å². The average Bonchev–Trinajstić information content (AvgIpc) is 2.70. The first-order valence-corrected chi connectivity index (χ1v) is 9.60. The van der Waals surface area contributed by atoms with Gasteiger partial charge in [-0.05, 0) is 71.1 Å². The summed E-state index contributed by atoms with van der Waals surface area (Å²) in [7, 11) is 0. The van der Waals surface area contributed by atoms with Crippen LogP contribution in [0.15, 0.2) is 84.9 Å². The highest BCUT2D eigenvalue weighted by molar-refractivity contribution is 6.31. The fourth-order valence-corrected chi connectivity index (χ4v) is 3.47. The molecule has 0 aliphatic heterocycles. The number of amides is 1. The Morgan fingerprint density at radius 2 is 1.50 bits per heavy atom. The number of nitrogens with one attached hydrogen (secondary N) is 1. The van der Waals surface area contributed by atoms with Crippen LogP contribution < -0.4 is 5.32 Å². The van der Waals surface area contributed by atoms with Gasteiger partial charge in [0, 0.05) is 16.3 Å². The number of hydrogen-bond acceptors (Lipinski definition) is 1. The third kappa shape index (κ3) is 4.08. The zero-order valence-electron chi connectivity index (χ0n) is 15.6. The monoisotopic (exact) mass is 385 g/mol. The summed E-state index contributed by atoms with van der Waals surface area (Å²) in [4.78, 5) is 12.5. The van der Waals surface area contributed by atoms with Gasteiger partial charge in [0.1, 0.15) is 0 Å². The molecule has 0 aromatic heterocycles. The van der Waals surface area contributed by atoms with Crippen molar-refractivity contribution in [2.45, 2.75) is 13.3 Å². The van der Waals surface area contributed by atoms with E-state index in [2.05, 4.69) is 23.5 Å². The van der Waals surface area contributed by atoms with Crippen molar-refractivity contribution in [3.05, 3.63) is 112 Å². The van der Waals surface area contributed by atoms with Gasteiger partial charge in [-0.2, -0.15) is 0 Å². The van der Waals surface area contributed by atoms with Gasteiger partial charge in [0.15, 0.2) is 0 Å². The summed E-state index contributed by atoms with van der Waals surface area (Å²) in [5.41, 5.74) is 4.94. The summed E-state index contributed by atoms with van der Waals surface area (Å²) in [6.07, 6.45) is 0.818. The third-order valence-corrected chi connectivity index (χ3v) is 5.12. The molecule has 138 valence electrons. The highest BCUT2D eigenvalue weighted by Crippen LogP contribution is 2.22. The maximum Gasteiger partial charge on any atom is 0.255 e. The summed E-state index contributed by atoms with van der Waals surface area (Å²) in [6.45, 7) is 1.98. The number of fused-ring (bicyclic) bond motifs is 1. The molecule has 4 aromatic carbocycles. The highest BCUT2D eigenvalue weighted by atomic mass is 35.5. The predicted octanol–water partition coefficient (Wildman–Crippen LogP) is 6.64. The molecule has 4 aromatic rings. The van der Waals surface area contributed by atoms with Crippen LogP contribution in [0.2, 0.25) is 5.02 Å². The molecule has 0 spiro atoms. The smallest absolute Gasteiger partial charge is 0.255 e. The number of anilines is 1. The fourth-order valence-electron chi connectivity index (χ4n) is 3.29. The molecule has 0 aliphatic rings. The van der Waals surface area contributed by atoms with Gasteiger partial charge in [0.05, 0.1) is 0 Å².